The van der Waals surface area contributed by atoms with Crippen LogP contribution >= 0.6 is 0 Å². The van der Waals surface area contributed by atoms with E-state index in [0.29, 0.717) is 0 Å². The highest BCUT2D eigenvalue weighted by atomic mass is 16.5. The van der Waals surface area contributed by atoms with Crippen molar-refractivity contribution in [2.45, 2.75) is 39.3 Å². The first-order chi connectivity index (χ1) is 7.58. The summed E-state index contributed by atoms with van der Waals surface area (Å²) in [4.78, 5) is 3.99. The highest BCUT2D eigenvalue weighted by Crippen LogP contribution is 2.06. The predicted molar refractivity (Wildman–Crippen MR) is 65.4 cm³/mol. The van der Waals surface area contributed by atoms with Crippen LogP contribution in [-0.2, 0) is 11.3 Å². The van der Waals surface area contributed by atoms with Gasteiger partial charge in [0.25, 0.3) is 0 Å². The predicted octanol–water partition coefficient (Wildman–Crippen LogP) is 1.68. The van der Waals surface area contributed by atoms with Crippen molar-refractivity contribution < 1.29 is 4.74 Å². The van der Waals surface area contributed by atoms with Crippen molar-refractivity contribution in [3.8, 4) is 0 Å². The maximum atomic E-state index is 5.63. The Balaban J connectivity index is 1.89. The van der Waals surface area contributed by atoms with Crippen LogP contribution in [0.3, 0.4) is 0 Å². The third kappa shape index (κ3) is 6.58. The Morgan fingerprint density at radius 1 is 1.31 bits per heavy atom. The van der Waals surface area contributed by atoms with E-state index in [0.717, 1.165) is 32.7 Å². The Bertz CT molecular complexity index is 264. The number of aromatic nitrogens is 2. The second kappa shape index (κ2) is 6.66. The lowest BCUT2D eigenvalue weighted by atomic mass is 10.2. The zero-order valence-corrected chi connectivity index (χ0v) is 10.6. The van der Waals surface area contributed by atoms with Gasteiger partial charge in [-0.3, -0.25) is 0 Å². The van der Waals surface area contributed by atoms with Gasteiger partial charge < -0.3 is 14.6 Å². The molecule has 0 radical (unpaired) electrons. The smallest absolute Gasteiger partial charge is 0.0946 e. The quantitative estimate of drug-likeness (QED) is 0.718. The molecule has 0 amide bonds. The largest absolute Gasteiger partial charge is 0.376 e. The number of ether oxygens (including phenoxy) is 1. The van der Waals surface area contributed by atoms with Crippen LogP contribution in [0.4, 0.5) is 0 Å². The zero-order valence-electron chi connectivity index (χ0n) is 10.6. The molecule has 0 aliphatic rings. The van der Waals surface area contributed by atoms with Gasteiger partial charge in [-0.1, -0.05) is 0 Å². The van der Waals surface area contributed by atoms with Gasteiger partial charge in [0, 0.05) is 32.1 Å². The first-order valence-electron chi connectivity index (χ1n) is 5.88. The fraction of sp³-hybridized carbons (Fsp3) is 0.750. The van der Waals surface area contributed by atoms with Gasteiger partial charge in [0.15, 0.2) is 0 Å². The lowest BCUT2D eigenvalue weighted by molar-refractivity contribution is -0.00376. The van der Waals surface area contributed by atoms with Gasteiger partial charge in [0.05, 0.1) is 11.9 Å². The molecule has 0 aromatic carbocycles. The number of nitrogens with zero attached hydrogens (tertiary/aromatic N) is 2. The van der Waals surface area contributed by atoms with Gasteiger partial charge in [-0.15, -0.1) is 0 Å². The highest BCUT2D eigenvalue weighted by Gasteiger charge is 2.08. The minimum Gasteiger partial charge on any atom is -0.376 e. The standard InChI is InChI=1S/C12H23N3O/c1-12(2,3)16-10-4-5-13-6-8-15-9-7-14-11-15/h7,9,11,13H,4-6,8,10H2,1-3H3. The van der Waals surface area contributed by atoms with Crippen molar-refractivity contribution in [2.24, 2.45) is 0 Å². The molecule has 4 nitrogen and oxygen atoms in total. The second-order valence-corrected chi connectivity index (χ2v) is 4.86. The van der Waals surface area contributed by atoms with Crippen LogP contribution < -0.4 is 5.32 Å². The molecule has 4 heteroatoms. The van der Waals surface area contributed by atoms with Crippen LogP contribution in [0, 0.1) is 0 Å². The maximum absolute atomic E-state index is 5.63. The van der Waals surface area contributed by atoms with E-state index < -0.39 is 0 Å². The van der Waals surface area contributed by atoms with Crippen molar-refractivity contribution in [3.05, 3.63) is 18.7 Å². The van der Waals surface area contributed by atoms with E-state index in [1.165, 1.54) is 0 Å². The SMILES string of the molecule is CC(C)(C)OCCCNCCn1ccnc1. The molecule has 1 aromatic heterocycles. The molecule has 0 unspecified atom stereocenters. The molecule has 1 heterocycles. The van der Waals surface area contributed by atoms with E-state index in [-0.39, 0.29) is 5.60 Å². The number of nitrogens with one attached hydrogen (secondary N) is 1. The molecule has 0 fully saturated rings. The molecular weight excluding hydrogens is 202 g/mol. The van der Waals surface area contributed by atoms with Crippen LogP contribution in [0.25, 0.3) is 0 Å². The molecule has 0 aliphatic carbocycles. The van der Waals surface area contributed by atoms with Crippen molar-refractivity contribution in [1.82, 2.24) is 14.9 Å². The molecule has 0 aliphatic heterocycles. The third-order valence-electron chi connectivity index (χ3n) is 2.14. The second-order valence-electron chi connectivity index (χ2n) is 4.86. The average Bonchev–Trinajstić information content (AvgIpc) is 2.67. The molecule has 1 N–H and O–H groups in total. The van der Waals surface area contributed by atoms with Gasteiger partial charge >= 0.3 is 0 Å². The minimum absolute atomic E-state index is 0.0171. The molecule has 0 saturated heterocycles. The Morgan fingerprint density at radius 3 is 2.75 bits per heavy atom. The van der Waals surface area contributed by atoms with Crippen molar-refractivity contribution in [1.29, 1.82) is 0 Å². The fourth-order valence-electron chi connectivity index (χ4n) is 1.33. The summed E-state index contributed by atoms with van der Waals surface area (Å²) in [5.74, 6) is 0. The van der Waals surface area contributed by atoms with Gasteiger partial charge in [-0.2, -0.15) is 0 Å². The Hall–Kier alpha value is -0.870. The van der Waals surface area contributed by atoms with Gasteiger partial charge in [-0.25, -0.2) is 4.98 Å². The van der Waals surface area contributed by atoms with Gasteiger partial charge in [0.1, 0.15) is 0 Å². The van der Waals surface area contributed by atoms with Crippen LogP contribution in [0.15, 0.2) is 18.7 Å². The Kier molecular flexibility index (Phi) is 5.49. The van der Waals surface area contributed by atoms with E-state index in [1.54, 1.807) is 6.20 Å². The minimum atomic E-state index is -0.0171. The van der Waals surface area contributed by atoms with E-state index in [1.807, 2.05) is 12.5 Å². The summed E-state index contributed by atoms with van der Waals surface area (Å²) >= 11 is 0. The summed E-state index contributed by atoms with van der Waals surface area (Å²) in [5, 5.41) is 3.38. The monoisotopic (exact) mass is 225 g/mol. The molecule has 0 atom stereocenters. The maximum Gasteiger partial charge on any atom is 0.0946 e. The van der Waals surface area contributed by atoms with Gasteiger partial charge in [-0.05, 0) is 33.7 Å². The molecular formula is C12H23N3O. The molecule has 92 valence electrons. The molecule has 0 saturated carbocycles. The zero-order chi connectivity index (χ0) is 11.9. The summed E-state index contributed by atoms with van der Waals surface area (Å²) < 4.78 is 7.69. The van der Waals surface area contributed by atoms with Crippen molar-refractivity contribution in [2.75, 3.05) is 19.7 Å². The lowest BCUT2D eigenvalue weighted by Gasteiger charge is -2.19. The average molecular weight is 225 g/mol. The van der Waals surface area contributed by atoms with Crippen LogP contribution in [0.1, 0.15) is 27.2 Å². The Labute approximate surface area is 98.0 Å². The number of hydrogen-bond donors (Lipinski definition) is 1. The summed E-state index contributed by atoms with van der Waals surface area (Å²) in [6, 6.07) is 0. The lowest BCUT2D eigenvalue weighted by Crippen LogP contribution is -2.24. The first kappa shape index (κ1) is 13.2. The van der Waals surface area contributed by atoms with E-state index in [4.69, 9.17) is 4.74 Å². The first-order valence-corrected chi connectivity index (χ1v) is 5.88. The summed E-state index contributed by atoms with van der Waals surface area (Å²) in [5.41, 5.74) is -0.0171. The number of hydrogen-bond acceptors (Lipinski definition) is 3. The van der Waals surface area contributed by atoms with Crippen molar-refractivity contribution in [3.63, 3.8) is 0 Å². The normalized spacial score (nSPS) is 11.9. The molecule has 16 heavy (non-hydrogen) atoms. The number of imidazole rings is 1. The topological polar surface area (TPSA) is 39.1 Å². The van der Waals surface area contributed by atoms with Crippen molar-refractivity contribution >= 4 is 0 Å². The van der Waals surface area contributed by atoms with Crippen LogP contribution in [0.5, 0.6) is 0 Å². The Morgan fingerprint density at radius 2 is 2.12 bits per heavy atom. The number of rotatable bonds is 7. The van der Waals surface area contributed by atoms with Crippen LogP contribution in [0.2, 0.25) is 0 Å². The summed E-state index contributed by atoms with van der Waals surface area (Å²) in [7, 11) is 0. The molecule has 0 bridgehead atoms. The highest BCUT2D eigenvalue weighted by molar-refractivity contribution is 4.74. The third-order valence-corrected chi connectivity index (χ3v) is 2.14. The van der Waals surface area contributed by atoms with E-state index in [9.17, 15) is 0 Å². The van der Waals surface area contributed by atoms with Gasteiger partial charge in [0.2, 0.25) is 0 Å². The summed E-state index contributed by atoms with van der Waals surface area (Å²) in [6.07, 6.45) is 6.67. The van der Waals surface area contributed by atoms with E-state index >= 15 is 0 Å². The summed E-state index contributed by atoms with van der Waals surface area (Å²) in [6.45, 7) is 10.0. The molecule has 1 rings (SSSR count). The fourth-order valence-corrected chi connectivity index (χ4v) is 1.33. The molecule has 0 spiro atoms. The van der Waals surface area contributed by atoms with Crippen LogP contribution in [-0.4, -0.2) is 34.8 Å². The molecule has 1 aromatic rings. The van der Waals surface area contributed by atoms with E-state index in [2.05, 4.69) is 35.6 Å².